The normalized spacial score (nSPS) is 17.6. The molecular weight excluding hydrogens is 440 g/mol. The van der Waals surface area contributed by atoms with E-state index in [0.29, 0.717) is 11.7 Å². The summed E-state index contributed by atoms with van der Waals surface area (Å²) in [6, 6.07) is 24.8. The van der Waals surface area contributed by atoms with Crippen LogP contribution in [0.4, 0.5) is 5.69 Å². The Balaban J connectivity index is 1.63. The molecule has 1 N–H and O–H groups in total. The molecule has 3 heterocycles. The molecule has 0 aliphatic carbocycles. The van der Waals surface area contributed by atoms with E-state index in [9.17, 15) is 0 Å². The molecule has 0 amide bonds. The van der Waals surface area contributed by atoms with Gasteiger partial charge in [0, 0.05) is 29.5 Å². The quantitative estimate of drug-likeness (QED) is 0.348. The molecule has 0 spiro atoms. The number of anilines is 1. The molecule has 34 heavy (non-hydrogen) atoms. The van der Waals surface area contributed by atoms with E-state index in [1.165, 1.54) is 11.1 Å². The van der Waals surface area contributed by atoms with Crippen LogP contribution in [0, 0.1) is 13.8 Å². The summed E-state index contributed by atoms with van der Waals surface area (Å²) in [5, 5.41) is 4.22. The second kappa shape index (κ2) is 9.31. The predicted octanol–water partition coefficient (Wildman–Crippen LogP) is 6.06. The number of nitrogens with one attached hydrogen (secondary N) is 1. The third-order valence-corrected chi connectivity index (χ3v) is 6.69. The molecule has 172 valence electrons. The molecule has 0 bridgehead atoms. The Kier molecular flexibility index (Phi) is 6.07. The fraction of sp³-hybridized carbons (Fsp3) is 0.214. The highest BCUT2D eigenvalue weighted by atomic mass is 32.1. The van der Waals surface area contributed by atoms with Crippen molar-refractivity contribution in [3.63, 3.8) is 0 Å². The molecule has 1 aliphatic rings. The fourth-order valence-corrected chi connectivity index (χ4v) is 4.89. The van der Waals surface area contributed by atoms with E-state index in [1.807, 2.05) is 37.4 Å². The Labute approximate surface area is 206 Å². The van der Waals surface area contributed by atoms with Gasteiger partial charge in [-0.1, -0.05) is 12.1 Å². The smallest absolute Gasteiger partial charge is 0.174 e. The van der Waals surface area contributed by atoms with Crippen LogP contribution in [0.2, 0.25) is 0 Å². The van der Waals surface area contributed by atoms with Crippen molar-refractivity contribution in [2.75, 3.05) is 11.5 Å². The summed E-state index contributed by atoms with van der Waals surface area (Å²) in [6.45, 7) is 6.91. The number of hydrogen-bond acceptors (Lipinski definition) is 3. The van der Waals surface area contributed by atoms with Crippen molar-refractivity contribution in [2.45, 2.75) is 32.9 Å². The minimum absolute atomic E-state index is 0.0862. The van der Waals surface area contributed by atoms with Crippen molar-refractivity contribution in [1.82, 2.24) is 14.9 Å². The van der Waals surface area contributed by atoms with Crippen LogP contribution in [0.3, 0.4) is 0 Å². The maximum Gasteiger partial charge on any atom is 0.174 e. The first kappa shape index (κ1) is 22.2. The van der Waals surface area contributed by atoms with Gasteiger partial charge in [-0.2, -0.15) is 0 Å². The third-order valence-electron chi connectivity index (χ3n) is 6.38. The lowest BCUT2D eigenvalue weighted by molar-refractivity contribution is 0.340. The van der Waals surface area contributed by atoms with E-state index in [-0.39, 0.29) is 12.1 Å². The zero-order chi connectivity index (χ0) is 23.7. The first-order valence-electron chi connectivity index (χ1n) is 11.5. The van der Waals surface area contributed by atoms with Gasteiger partial charge in [0.25, 0.3) is 0 Å². The number of rotatable bonds is 6. The van der Waals surface area contributed by atoms with Crippen LogP contribution in [0.15, 0.2) is 85.2 Å². The first-order chi connectivity index (χ1) is 16.6. The number of ether oxygens (including phenoxy) is 1. The van der Waals surface area contributed by atoms with Crippen LogP contribution < -0.4 is 15.0 Å². The molecule has 0 saturated carbocycles. The summed E-state index contributed by atoms with van der Waals surface area (Å²) in [6.07, 6.45) is 3.95. The van der Waals surface area contributed by atoms with E-state index in [4.69, 9.17) is 17.0 Å². The topological polar surface area (TPSA) is 42.3 Å². The summed E-state index contributed by atoms with van der Waals surface area (Å²) in [4.78, 5) is 6.86. The standard InChI is InChI=1S/C28H28N4OS/c1-4-33-23-14-12-21(13-15-23)32-27(26(30-28(32)34)24-8-5-6-16-29-24)25-9-7-17-31(25)22-11-10-19(2)20(3)18-22/h5-18,26-27H,4H2,1-3H3,(H,30,34)/t26-,27+/m1/s1. The summed E-state index contributed by atoms with van der Waals surface area (Å²) in [5.74, 6) is 0.848. The molecule has 1 aliphatic heterocycles. The highest BCUT2D eigenvalue weighted by Gasteiger charge is 2.42. The van der Waals surface area contributed by atoms with Gasteiger partial charge < -0.3 is 19.5 Å². The highest BCUT2D eigenvalue weighted by Crippen LogP contribution is 2.42. The first-order valence-corrected chi connectivity index (χ1v) is 12.0. The van der Waals surface area contributed by atoms with E-state index in [0.717, 1.165) is 28.5 Å². The lowest BCUT2D eigenvalue weighted by Crippen LogP contribution is -2.30. The van der Waals surface area contributed by atoms with Gasteiger partial charge in [0.15, 0.2) is 5.11 Å². The number of benzene rings is 2. The maximum atomic E-state index is 5.88. The number of aryl methyl sites for hydroxylation is 2. The molecule has 0 radical (unpaired) electrons. The van der Waals surface area contributed by atoms with Gasteiger partial charge in [-0.3, -0.25) is 4.98 Å². The van der Waals surface area contributed by atoms with Crippen molar-refractivity contribution in [2.24, 2.45) is 0 Å². The Hall–Kier alpha value is -3.64. The number of nitrogens with zero attached hydrogens (tertiary/aromatic N) is 3. The molecule has 2 aromatic carbocycles. The van der Waals surface area contributed by atoms with Crippen LogP contribution in [0.1, 0.15) is 41.5 Å². The lowest BCUT2D eigenvalue weighted by atomic mass is 10.0. The van der Waals surface area contributed by atoms with E-state index in [1.54, 1.807) is 0 Å². The molecule has 0 unspecified atom stereocenters. The molecule has 5 nitrogen and oxygen atoms in total. The van der Waals surface area contributed by atoms with Gasteiger partial charge in [-0.05, 0) is 105 Å². The number of thiocarbonyl (C=S) groups is 1. The fourth-order valence-electron chi connectivity index (χ4n) is 4.55. The van der Waals surface area contributed by atoms with Gasteiger partial charge in [0.2, 0.25) is 0 Å². The number of aromatic nitrogens is 2. The average molecular weight is 469 g/mol. The predicted molar refractivity (Wildman–Crippen MR) is 141 cm³/mol. The summed E-state index contributed by atoms with van der Waals surface area (Å²) in [7, 11) is 0. The van der Waals surface area contributed by atoms with Gasteiger partial charge in [-0.15, -0.1) is 0 Å². The summed E-state index contributed by atoms with van der Waals surface area (Å²) in [5.41, 5.74) is 6.78. The molecule has 4 aromatic rings. The second-order valence-electron chi connectivity index (χ2n) is 8.50. The maximum absolute atomic E-state index is 5.88. The monoisotopic (exact) mass is 468 g/mol. The van der Waals surface area contributed by atoms with Crippen LogP contribution >= 0.6 is 12.2 Å². The zero-order valence-electron chi connectivity index (χ0n) is 19.6. The second-order valence-corrected chi connectivity index (χ2v) is 8.88. The van der Waals surface area contributed by atoms with Gasteiger partial charge in [-0.25, -0.2) is 0 Å². The van der Waals surface area contributed by atoms with Gasteiger partial charge >= 0.3 is 0 Å². The molecular formula is C28H28N4OS. The molecule has 2 atom stereocenters. The summed E-state index contributed by atoms with van der Waals surface area (Å²) >= 11 is 5.88. The van der Waals surface area contributed by atoms with Crippen LogP contribution in [0.25, 0.3) is 5.69 Å². The molecule has 5 rings (SSSR count). The SMILES string of the molecule is CCOc1ccc(N2C(=S)N[C@H](c3ccccn3)[C@@H]2c2cccn2-c2ccc(C)c(C)c2)cc1. The molecule has 1 fully saturated rings. The van der Waals surface area contributed by atoms with Crippen molar-refractivity contribution < 1.29 is 4.74 Å². The van der Waals surface area contributed by atoms with Crippen LogP contribution in [0.5, 0.6) is 5.75 Å². The zero-order valence-corrected chi connectivity index (χ0v) is 20.4. The molecule has 2 aromatic heterocycles. The minimum Gasteiger partial charge on any atom is -0.494 e. The lowest BCUT2D eigenvalue weighted by Gasteiger charge is -2.29. The highest BCUT2D eigenvalue weighted by molar-refractivity contribution is 7.80. The van der Waals surface area contributed by atoms with Gasteiger partial charge in [0.1, 0.15) is 11.8 Å². The third kappa shape index (κ3) is 4.05. The Morgan fingerprint density at radius 3 is 2.44 bits per heavy atom. The van der Waals surface area contributed by atoms with Crippen molar-refractivity contribution in [3.05, 3.63) is 108 Å². The average Bonchev–Trinajstić information content (AvgIpc) is 3.46. The van der Waals surface area contributed by atoms with Crippen molar-refractivity contribution in [3.8, 4) is 11.4 Å². The Morgan fingerprint density at radius 2 is 1.74 bits per heavy atom. The minimum atomic E-state index is -0.0968. The van der Waals surface area contributed by atoms with E-state index in [2.05, 4.69) is 88.3 Å². The van der Waals surface area contributed by atoms with E-state index >= 15 is 0 Å². The number of hydrogen-bond donors (Lipinski definition) is 1. The van der Waals surface area contributed by atoms with E-state index < -0.39 is 0 Å². The van der Waals surface area contributed by atoms with Crippen molar-refractivity contribution in [1.29, 1.82) is 0 Å². The number of pyridine rings is 1. The Bertz CT molecular complexity index is 1300. The van der Waals surface area contributed by atoms with Gasteiger partial charge in [0.05, 0.1) is 18.3 Å². The molecule has 1 saturated heterocycles. The van der Waals surface area contributed by atoms with Crippen LogP contribution in [-0.4, -0.2) is 21.3 Å². The van der Waals surface area contributed by atoms with Crippen molar-refractivity contribution >= 4 is 23.0 Å². The Morgan fingerprint density at radius 1 is 0.941 bits per heavy atom. The molecule has 6 heteroatoms. The summed E-state index contributed by atoms with van der Waals surface area (Å²) < 4.78 is 7.91. The largest absolute Gasteiger partial charge is 0.494 e. The van der Waals surface area contributed by atoms with Crippen LogP contribution in [-0.2, 0) is 0 Å².